The fourth-order valence-electron chi connectivity index (χ4n) is 2.96. The predicted octanol–water partition coefficient (Wildman–Crippen LogP) is 4.84. The number of aliphatic imine (C=N–C) groups is 1. The zero-order chi connectivity index (χ0) is 22.5. The van der Waals surface area contributed by atoms with E-state index in [-0.39, 0.29) is 5.69 Å². The Kier molecular flexibility index (Phi) is 5.89. The van der Waals surface area contributed by atoms with Crippen LogP contribution in [-0.4, -0.2) is 24.1 Å². The molecule has 0 saturated carbocycles. The van der Waals surface area contributed by atoms with Gasteiger partial charge in [0.2, 0.25) is 5.91 Å². The summed E-state index contributed by atoms with van der Waals surface area (Å²) in [7, 11) is 0. The van der Waals surface area contributed by atoms with Crippen molar-refractivity contribution in [2.75, 3.05) is 4.90 Å². The number of nitrogens with zero attached hydrogens (tertiary/aromatic N) is 4. The van der Waals surface area contributed by atoms with Crippen molar-refractivity contribution >= 4 is 46.8 Å². The number of rotatable bonds is 5. The van der Waals surface area contributed by atoms with E-state index >= 15 is 0 Å². The highest BCUT2D eigenvalue weighted by Crippen LogP contribution is 2.24. The molecule has 9 heteroatoms. The van der Waals surface area contributed by atoms with Crippen molar-refractivity contribution in [1.82, 2.24) is 5.32 Å². The minimum absolute atomic E-state index is 0.242. The smallest absolute Gasteiger partial charge is 0.276 e. The standard InChI is InChI=1S/C23H16FN5O3/c24-19-8-4-5-9-20(19)29-22(31)18(21(30)26-23(29)32)14-25-15-10-12-17(13-11-15)28-27-16-6-2-1-3-7-16/h1-14,18H,(H,26,30,32)/t18-/m1/s1. The van der Waals surface area contributed by atoms with Crippen molar-refractivity contribution in [2.45, 2.75) is 0 Å². The molecule has 8 nitrogen and oxygen atoms in total. The highest BCUT2D eigenvalue weighted by atomic mass is 19.1. The summed E-state index contributed by atoms with van der Waals surface area (Å²) in [5, 5.41) is 10.3. The number of nitrogens with one attached hydrogen (secondary N) is 1. The Hall–Kier alpha value is -4.53. The van der Waals surface area contributed by atoms with Gasteiger partial charge in [-0.2, -0.15) is 10.2 Å². The molecule has 1 N–H and O–H groups in total. The molecule has 0 radical (unpaired) electrons. The molecule has 1 atom stereocenters. The number of benzene rings is 3. The first-order valence-electron chi connectivity index (χ1n) is 9.57. The molecule has 0 aliphatic carbocycles. The Labute approximate surface area is 182 Å². The number of amides is 4. The van der Waals surface area contributed by atoms with Gasteiger partial charge in [-0.3, -0.25) is 19.9 Å². The van der Waals surface area contributed by atoms with E-state index in [9.17, 15) is 18.8 Å². The van der Waals surface area contributed by atoms with Crippen molar-refractivity contribution in [3.63, 3.8) is 0 Å². The fourth-order valence-corrected chi connectivity index (χ4v) is 2.96. The molecule has 1 heterocycles. The highest BCUT2D eigenvalue weighted by molar-refractivity contribution is 6.32. The van der Waals surface area contributed by atoms with Crippen molar-refractivity contribution in [1.29, 1.82) is 0 Å². The summed E-state index contributed by atoms with van der Waals surface area (Å²) in [6, 6.07) is 20.2. The predicted molar refractivity (Wildman–Crippen MR) is 116 cm³/mol. The number of para-hydroxylation sites is 1. The number of carbonyl (C=O) groups is 3. The van der Waals surface area contributed by atoms with Crippen LogP contribution in [0.2, 0.25) is 0 Å². The van der Waals surface area contributed by atoms with E-state index in [0.29, 0.717) is 22.0 Å². The maximum Gasteiger partial charge on any atom is 0.335 e. The Morgan fingerprint density at radius 2 is 1.38 bits per heavy atom. The zero-order valence-corrected chi connectivity index (χ0v) is 16.6. The Bertz CT molecular complexity index is 1230. The van der Waals surface area contributed by atoms with E-state index < -0.39 is 29.6 Å². The van der Waals surface area contributed by atoms with Crippen LogP contribution in [0.15, 0.2) is 94.1 Å². The van der Waals surface area contributed by atoms with Gasteiger partial charge in [0, 0.05) is 6.21 Å². The van der Waals surface area contributed by atoms with E-state index in [0.717, 1.165) is 12.3 Å². The third-order valence-electron chi connectivity index (χ3n) is 4.56. The molecule has 3 aromatic carbocycles. The number of azo groups is 1. The van der Waals surface area contributed by atoms with Crippen LogP contribution in [0.25, 0.3) is 0 Å². The van der Waals surface area contributed by atoms with Gasteiger partial charge in [-0.05, 0) is 48.5 Å². The summed E-state index contributed by atoms with van der Waals surface area (Å²) in [6.45, 7) is 0. The van der Waals surface area contributed by atoms with Gasteiger partial charge in [0.05, 0.1) is 22.7 Å². The van der Waals surface area contributed by atoms with Crippen molar-refractivity contribution in [2.24, 2.45) is 21.1 Å². The highest BCUT2D eigenvalue weighted by Gasteiger charge is 2.41. The number of barbiturate groups is 1. The molecule has 4 amide bonds. The van der Waals surface area contributed by atoms with Crippen molar-refractivity contribution in [3.8, 4) is 0 Å². The summed E-state index contributed by atoms with van der Waals surface area (Å²) in [5.74, 6) is -3.86. The van der Waals surface area contributed by atoms with E-state index in [1.54, 1.807) is 24.3 Å². The van der Waals surface area contributed by atoms with Crippen LogP contribution in [0.4, 0.5) is 31.9 Å². The molecule has 1 saturated heterocycles. The molecule has 32 heavy (non-hydrogen) atoms. The van der Waals surface area contributed by atoms with Crippen LogP contribution >= 0.6 is 0 Å². The largest absolute Gasteiger partial charge is 0.335 e. The lowest BCUT2D eigenvalue weighted by atomic mass is 10.1. The Balaban J connectivity index is 1.50. The van der Waals surface area contributed by atoms with E-state index in [4.69, 9.17) is 0 Å². The number of halogens is 1. The summed E-state index contributed by atoms with van der Waals surface area (Å²) in [4.78, 5) is 41.8. The number of imide groups is 2. The molecule has 1 aliphatic heterocycles. The van der Waals surface area contributed by atoms with E-state index in [1.165, 1.54) is 18.2 Å². The molecular formula is C23H16FN5O3. The van der Waals surface area contributed by atoms with Gasteiger partial charge in [0.1, 0.15) is 5.82 Å². The Morgan fingerprint density at radius 1 is 0.781 bits per heavy atom. The number of anilines is 1. The molecule has 3 aromatic rings. The molecule has 0 bridgehead atoms. The van der Waals surface area contributed by atoms with Gasteiger partial charge in [-0.1, -0.05) is 30.3 Å². The molecule has 0 unspecified atom stereocenters. The second kappa shape index (κ2) is 9.09. The summed E-state index contributed by atoms with van der Waals surface area (Å²) in [5.41, 5.74) is 1.52. The molecule has 1 aliphatic rings. The van der Waals surface area contributed by atoms with Gasteiger partial charge < -0.3 is 0 Å². The second-order valence-electron chi connectivity index (χ2n) is 6.73. The van der Waals surface area contributed by atoms with Crippen LogP contribution in [-0.2, 0) is 9.59 Å². The lowest BCUT2D eigenvalue weighted by Gasteiger charge is -2.28. The minimum atomic E-state index is -1.38. The molecule has 4 rings (SSSR count). The van der Waals surface area contributed by atoms with E-state index in [1.807, 2.05) is 30.3 Å². The first-order chi connectivity index (χ1) is 15.5. The van der Waals surface area contributed by atoms with Gasteiger partial charge in [0.25, 0.3) is 5.91 Å². The topological polar surface area (TPSA) is 104 Å². The summed E-state index contributed by atoms with van der Waals surface area (Å²) >= 11 is 0. The lowest BCUT2D eigenvalue weighted by molar-refractivity contribution is -0.131. The third kappa shape index (κ3) is 4.46. The van der Waals surface area contributed by atoms with Crippen molar-refractivity contribution < 1.29 is 18.8 Å². The maximum absolute atomic E-state index is 14.1. The Morgan fingerprint density at radius 3 is 2.06 bits per heavy atom. The molecule has 0 aromatic heterocycles. The first-order valence-corrected chi connectivity index (χ1v) is 9.57. The SMILES string of the molecule is O=C1NC(=O)N(c2ccccc2F)C(=O)[C@@H]1C=Nc1ccc(N=Nc2ccccc2)cc1. The first kappa shape index (κ1) is 20.7. The van der Waals surface area contributed by atoms with Crippen LogP contribution in [0.3, 0.4) is 0 Å². The third-order valence-corrected chi connectivity index (χ3v) is 4.56. The molecule has 158 valence electrons. The van der Waals surface area contributed by atoms with Crippen LogP contribution in [0.1, 0.15) is 0 Å². The molecule has 1 fully saturated rings. The van der Waals surface area contributed by atoms with Crippen molar-refractivity contribution in [3.05, 3.63) is 84.7 Å². The van der Waals surface area contributed by atoms with Gasteiger partial charge in [-0.25, -0.2) is 14.1 Å². The summed E-state index contributed by atoms with van der Waals surface area (Å²) < 4.78 is 14.1. The quantitative estimate of drug-likeness (QED) is 0.356. The van der Waals surface area contributed by atoms with Crippen LogP contribution < -0.4 is 10.2 Å². The van der Waals surface area contributed by atoms with Crippen LogP contribution in [0.5, 0.6) is 0 Å². The van der Waals surface area contributed by atoms with Gasteiger partial charge in [-0.15, -0.1) is 0 Å². The number of carbonyl (C=O) groups excluding carboxylic acids is 3. The second-order valence-corrected chi connectivity index (χ2v) is 6.73. The van der Waals surface area contributed by atoms with Crippen LogP contribution in [0, 0.1) is 11.7 Å². The molecule has 0 spiro atoms. The average Bonchev–Trinajstić information content (AvgIpc) is 2.80. The fraction of sp³-hybridized carbons (Fsp3) is 0.0435. The average molecular weight is 429 g/mol. The number of hydrogen-bond acceptors (Lipinski definition) is 6. The van der Waals surface area contributed by atoms with Gasteiger partial charge in [0.15, 0.2) is 5.92 Å². The summed E-state index contributed by atoms with van der Waals surface area (Å²) in [6.07, 6.45) is 1.12. The van der Waals surface area contributed by atoms with E-state index in [2.05, 4.69) is 20.5 Å². The normalized spacial score (nSPS) is 16.7. The zero-order valence-electron chi connectivity index (χ0n) is 16.6. The lowest BCUT2D eigenvalue weighted by Crippen LogP contribution is -2.58. The molecular weight excluding hydrogens is 413 g/mol. The number of urea groups is 1. The monoisotopic (exact) mass is 429 g/mol. The van der Waals surface area contributed by atoms with Gasteiger partial charge >= 0.3 is 6.03 Å². The minimum Gasteiger partial charge on any atom is -0.276 e. The number of hydrogen-bond donors (Lipinski definition) is 1. The maximum atomic E-state index is 14.1.